The van der Waals surface area contributed by atoms with E-state index in [1.54, 1.807) is 0 Å². The average molecular weight is 196 g/mol. The normalized spacial score (nSPS) is 17.1. The van der Waals surface area contributed by atoms with Gasteiger partial charge in [0.05, 0.1) is 0 Å². The highest BCUT2D eigenvalue weighted by Crippen LogP contribution is 2.16. The number of hydrogen-bond donors (Lipinski definition) is 0. The molecule has 1 aliphatic heterocycles. The lowest BCUT2D eigenvalue weighted by Gasteiger charge is -1.99. The summed E-state index contributed by atoms with van der Waals surface area (Å²) in [5, 5.41) is 0. The van der Waals surface area contributed by atoms with E-state index in [1.165, 1.54) is 63.5 Å². The van der Waals surface area contributed by atoms with Crippen LogP contribution in [0.1, 0.15) is 64.7 Å². The van der Waals surface area contributed by atoms with Crippen LogP contribution in [-0.2, 0) is 4.74 Å². The van der Waals surface area contributed by atoms with Gasteiger partial charge in [0.2, 0.25) is 0 Å². The van der Waals surface area contributed by atoms with Crippen molar-refractivity contribution in [3.05, 3.63) is 11.8 Å². The van der Waals surface area contributed by atoms with Crippen molar-refractivity contribution in [3.8, 4) is 0 Å². The third kappa shape index (κ3) is 6.99. The molecular weight excluding hydrogens is 172 g/mol. The highest BCUT2D eigenvalue weighted by atomic mass is 16.6. The summed E-state index contributed by atoms with van der Waals surface area (Å²) in [4.78, 5) is 0. The maximum Gasteiger partial charge on any atom is 0.145 e. The Labute approximate surface area is 88.5 Å². The number of allylic oxidation sites excluding steroid dienone is 1. The van der Waals surface area contributed by atoms with Gasteiger partial charge in [-0.1, -0.05) is 51.9 Å². The standard InChI is InChI=1S/C13H24O/c1-2-3-4-5-6-7-8-9-10-11-13-12-14-13/h11H,2-10,12H2,1H3. The van der Waals surface area contributed by atoms with Crippen molar-refractivity contribution in [1.29, 1.82) is 0 Å². The smallest absolute Gasteiger partial charge is 0.145 e. The van der Waals surface area contributed by atoms with Crippen molar-refractivity contribution in [2.24, 2.45) is 0 Å². The van der Waals surface area contributed by atoms with Crippen molar-refractivity contribution in [2.45, 2.75) is 64.7 Å². The lowest BCUT2D eigenvalue weighted by atomic mass is 10.1. The van der Waals surface area contributed by atoms with E-state index in [1.807, 2.05) is 0 Å². The van der Waals surface area contributed by atoms with Crippen LogP contribution in [0, 0.1) is 0 Å². The summed E-state index contributed by atoms with van der Waals surface area (Å²) in [6.07, 6.45) is 14.7. The van der Waals surface area contributed by atoms with Crippen LogP contribution in [0.3, 0.4) is 0 Å². The number of rotatable bonds is 9. The van der Waals surface area contributed by atoms with E-state index in [0.717, 1.165) is 6.61 Å². The summed E-state index contributed by atoms with van der Waals surface area (Å²) in [6.45, 7) is 3.17. The molecule has 0 atom stereocenters. The quantitative estimate of drug-likeness (QED) is 0.392. The predicted octanol–water partition coefficient (Wildman–Crippen LogP) is 4.43. The first-order valence-corrected chi connectivity index (χ1v) is 6.25. The maximum absolute atomic E-state index is 5.04. The lowest BCUT2D eigenvalue weighted by Crippen LogP contribution is -1.79. The lowest BCUT2D eigenvalue weighted by molar-refractivity contribution is 0.507. The van der Waals surface area contributed by atoms with Gasteiger partial charge in [0.25, 0.3) is 0 Å². The van der Waals surface area contributed by atoms with Crippen LogP contribution in [0.2, 0.25) is 0 Å². The zero-order valence-electron chi connectivity index (χ0n) is 9.56. The monoisotopic (exact) mass is 196 g/mol. The fraction of sp³-hybridized carbons (Fsp3) is 0.846. The third-order valence-corrected chi connectivity index (χ3v) is 2.74. The molecule has 1 aliphatic rings. The first-order chi connectivity index (χ1) is 6.93. The molecule has 0 N–H and O–H groups in total. The first-order valence-electron chi connectivity index (χ1n) is 6.25. The summed E-state index contributed by atoms with van der Waals surface area (Å²) < 4.78 is 5.04. The molecule has 82 valence electrons. The SMILES string of the molecule is CCCCCCCCCCC=C1CO1. The average Bonchev–Trinajstić information content (AvgIpc) is 2.99. The van der Waals surface area contributed by atoms with Crippen LogP contribution >= 0.6 is 0 Å². The molecule has 0 bridgehead atoms. The van der Waals surface area contributed by atoms with Crippen LogP contribution in [0.15, 0.2) is 11.8 Å². The molecule has 1 heteroatoms. The van der Waals surface area contributed by atoms with E-state index in [9.17, 15) is 0 Å². The van der Waals surface area contributed by atoms with Crippen molar-refractivity contribution in [2.75, 3.05) is 6.61 Å². The third-order valence-electron chi connectivity index (χ3n) is 2.74. The van der Waals surface area contributed by atoms with Gasteiger partial charge in [-0.05, 0) is 18.9 Å². The van der Waals surface area contributed by atoms with Gasteiger partial charge in [-0.25, -0.2) is 0 Å². The molecule has 14 heavy (non-hydrogen) atoms. The molecule has 1 fully saturated rings. The molecule has 1 saturated heterocycles. The van der Waals surface area contributed by atoms with Gasteiger partial charge in [0.15, 0.2) is 0 Å². The Bertz CT molecular complexity index is 155. The van der Waals surface area contributed by atoms with E-state index in [0.29, 0.717) is 0 Å². The molecule has 0 aromatic heterocycles. The molecule has 0 spiro atoms. The second-order valence-electron chi connectivity index (χ2n) is 4.22. The van der Waals surface area contributed by atoms with Gasteiger partial charge in [0, 0.05) is 0 Å². The van der Waals surface area contributed by atoms with Gasteiger partial charge in [-0.2, -0.15) is 0 Å². The fourth-order valence-corrected chi connectivity index (χ4v) is 1.70. The van der Waals surface area contributed by atoms with E-state index in [-0.39, 0.29) is 0 Å². The Morgan fingerprint density at radius 2 is 1.57 bits per heavy atom. The zero-order chi connectivity index (χ0) is 10.1. The Kier molecular flexibility index (Phi) is 6.55. The molecule has 0 saturated carbocycles. The van der Waals surface area contributed by atoms with Crippen LogP contribution < -0.4 is 0 Å². The highest BCUT2D eigenvalue weighted by Gasteiger charge is 2.10. The number of ether oxygens (including phenoxy) is 1. The van der Waals surface area contributed by atoms with E-state index in [4.69, 9.17) is 4.74 Å². The summed E-state index contributed by atoms with van der Waals surface area (Å²) in [5.74, 6) is 1.22. The first kappa shape index (κ1) is 11.6. The van der Waals surface area contributed by atoms with Gasteiger partial charge in [-0.3, -0.25) is 0 Å². The fourth-order valence-electron chi connectivity index (χ4n) is 1.70. The molecule has 0 amide bonds. The van der Waals surface area contributed by atoms with E-state index < -0.39 is 0 Å². The highest BCUT2D eigenvalue weighted by molar-refractivity contribution is 5.03. The minimum atomic E-state index is 0.900. The van der Waals surface area contributed by atoms with Gasteiger partial charge in [0.1, 0.15) is 12.4 Å². The molecule has 0 unspecified atom stereocenters. The molecule has 1 rings (SSSR count). The minimum absolute atomic E-state index is 0.900. The topological polar surface area (TPSA) is 12.5 Å². The van der Waals surface area contributed by atoms with Crippen molar-refractivity contribution in [1.82, 2.24) is 0 Å². The summed E-state index contributed by atoms with van der Waals surface area (Å²) in [6, 6.07) is 0. The predicted molar refractivity (Wildman–Crippen MR) is 61.3 cm³/mol. The number of hydrogen-bond acceptors (Lipinski definition) is 1. The largest absolute Gasteiger partial charge is 0.487 e. The van der Waals surface area contributed by atoms with Crippen molar-refractivity contribution < 1.29 is 4.74 Å². The minimum Gasteiger partial charge on any atom is -0.487 e. The van der Waals surface area contributed by atoms with E-state index in [2.05, 4.69) is 13.0 Å². The van der Waals surface area contributed by atoms with Crippen molar-refractivity contribution in [3.63, 3.8) is 0 Å². The van der Waals surface area contributed by atoms with Crippen molar-refractivity contribution >= 4 is 0 Å². The molecule has 0 aromatic carbocycles. The molecule has 1 nitrogen and oxygen atoms in total. The Morgan fingerprint density at radius 1 is 1.00 bits per heavy atom. The number of unbranched alkanes of at least 4 members (excludes halogenated alkanes) is 8. The Hall–Kier alpha value is -0.460. The summed E-state index contributed by atoms with van der Waals surface area (Å²) in [5.41, 5.74) is 0. The Morgan fingerprint density at radius 3 is 2.14 bits per heavy atom. The zero-order valence-corrected chi connectivity index (χ0v) is 9.56. The van der Waals surface area contributed by atoms with Gasteiger partial charge in [-0.15, -0.1) is 0 Å². The summed E-state index contributed by atoms with van der Waals surface area (Å²) >= 11 is 0. The molecule has 1 heterocycles. The Balaban J connectivity index is 1.69. The summed E-state index contributed by atoms with van der Waals surface area (Å²) in [7, 11) is 0. The molecular formula is C13H24O. The van der Waals surface area contributed by atoms with Gasteiger partial charge >= 0.3 is 0 Å². The van der Waals surface area contributed by atoms with Crippen LogP contribution in [0.4, 0.5) is 0 Å². The second-order valence-corrected chi connectivity index (χ2v) is 4.22. The number of epoxide rings is 1. The van der Waals surface area contributed by atoms with Crippen LogP contribution in [-0.4, -0.2) is 6.61 Å². The van der Waals surface area contributed by atoms with Gasteiger partial charge < -0.3 is 4.74 Å². The molecule has 0 aromatic rings. The van der Waals surface area contributed by atoms with Crippen LogP contribution in [0.5, 0.6) is 0 Å². The molecule has 0 radical (unpaired) electrons. The van der Waals surface area contributed by atoms with E-state index >= 15 is 0 Å². The maximum atomic E-state index is 5.04. The van der Waals surface area contributed by atoms with Crippen LogP contribution in [0.25, 0.3) is 0 Å². The second kappa shape index (κ2) is 7.90. The molecule has 0 aliphatic carbocycles.